The molecule has 0 aliphatic carbocycles. The summed E-state index contributed by atoms with van der Waals surface area (Å²) >= 11 is 3.41. The third-order valence-corrected chi connectivity index (χ3v) is 3.93. The lowest BCUT2D eigenvalue weighted by atomic mass is 10.2. The highest BCUT2D eigenvalue weighted by Gasteiger charge is 2.19. The second kappa shape index (κ2) is 5.44. The van der Waals surface area contributed by atoms with E-state index in [2.05, 4.69) is 26.0 Å². The molecule has 0 aliphatic heterocycles. The molecule has 0 unspecified atom stereocenters. The normalized spacial score (nSPS) is 11.4. The number of carbonyl (C=O) groups excluding carboxylic acids is 1. The molecule has 0 spiro atoms. The van der Waals surface area contributed by atoms with Crippen LogP contribution in [-0.2, 0) is 6.54 Å². The lowest BCUT2D eigenvalue weighted by Crippen LogP contribution is -2.17. The first-order chi connectivity index (χ1) is 10.1. The van der Waals surface area contributed by atoms with Crippen LogP contribution in [0.5, 0.6) is 0 Å². The van der Waals surface area contributed by atoms with Crippen LogP contribution in [0.3, 0.4) is 0 Å². The molecule has 3 aromatic rings. The van der Waals surface area contributed by atoms with Gasteiger partial charge in [0.1, 0.15) is 5.69 Å². The molecule has 0 bridgehead atoms. The number of ketones is 1. The number of rotatable bonds is 4. The fourth-order valence-corrected chi connectivity index (χ4v) is 2.85. The molecule has 21 heavy (non-hydrogen) atoms. The van der Waals surface area contributed by atoms with E-state index < -0.39 is 0 Å². The summed E-state index contributed by atoms with van der Waals surface area (Å²) in [5.74, 6) is 0.0104. The quantitative estimate of drug-likeness (QED) is 0.679. The zero-order valence-corrected chi connectivity index (χ0v) is 13.4. The molecule has 0 saturated carbocycles. The van der Waals surface area contributed by atoms with E-state index in [1.165, 1.54) is 0 Å². The molecule has 2 heterocycles. The number of nitrogens with zero attached hydrogens (tertiary/aromatic N) is 4. The van der Waals surface area contributed by atoms with Crippen LogP contribution in [-0.4, -0.2) is 25.1 Å². The number of hydrogen-bond donors (Lipinski definition) is 0. The van der Waals surface area contributed by atoms with Gasteiger partial charge in [0.05, 0.1) is 34.6 Å². The van der Waals surface area contributed by atoms with Crippen LogP contribution in [0.4, 0.5) is 0 Å². The maximum absolute atomic E-state index is 12.6. The minimum absolute atomic E-state index is 0.0104. The number of halogens is 1. The van der Waals surface area contributed by atoms with Gasteiger partial charge in [0.25, 0.3) is 0 Å². The molecule has 2 aromatic heterocycles. The average molecular weight is 347 g/mol. The van der Waals surface area contributed by atoms with Gasteiger partial charge in [-0.05, 0) is 41.9 Å². The van der Waals surface area contributed by atoms with Gasteiger partial charge in [-0.2, -0.15) is 5.10 Å². The van der Waals surface area contributed by atoms with Crippen molar-refractivity contribution in [2.45, 2.75) is 26.4 Å². The molecule has 0 aliphatic rings. The monoisotopic (exact) mass is 346 g/mol. The topological polar surface area (TPSA) is 52.7 Å². The maximum atomic E-state index is 12.6. The Morgan fingerprint density at radius 1 is 1.33 bits per heavy atom. The number of imidazole rings is 1. The average Bonchev–Trinajstić information content (AvgIpc) is 3.03. The van der Waals surface area contributed by atoms with Crippen molar-refractivity contribution in [2.75, 3.05) is 0 Å². The highest BCUT2D eigenvalue weighted by Crippen LogP contribution is 2.21. The summed E-state index contributed by atoms with van der Waals surface area (Å²) in [6.45, 7) is 4.25. The predicted molar refractivity (Wildman–Crippen MR) is 84.4 cm³/mol. The predicted octanol–water partition coefficient (Wildman–Crippen LogP) is 3.46. The number of fused-ring (bicyclic) bond motifs is 1. The van der Waals surface area contributed by atoms with Crippen molar-refractivity contribution in [3.63, 3.8) is 0 Å². The number of carbonyl (C=O) groups is 1. The van der Waals surface area contributed by atoms with Gasteiger partial charge in [-0.25, -0.2) is 4.98 Å². The van der Waals surface area contributed by atoms with Crippen LogP contribution >= 0.6 is 15.9 Å². The second-order valence-corrected chi connectivity index (χ2v) is 6.02. The smallest absolute Gasteiger partial charge is 0.201 e. The zero-order valence-electron chi connectivity index (χ0n) is 11.8. The van der Waals surface area contributed by atoms with Crippen LogP contribution in [0.1, 0.15) is 30.4 Å². The minimum Gasteiger partial charge on any atom is -0.323 e. The highest BCUT2D eigenvalue weighted by atomic mass is 79.9. The van der Waals surface area contributed by atoms with Gasteiger partial charge in [-0.3, -0.25) is 9.48 Å². The minimum atomic E-state index is 0.0104. The van der Waals surface area contributed by atoms with E-state index in [0.717, 1.165) is 15.5 Å². The van der Waals surface area contributed by atoms with E-state index >= 15 is 0 Å². The molecule has 0 fully saturated rings. The van der Waals surface area contributed by atoms with Gasteiger partial charge < -0.3 is 4.57 Å². The first-order valence-corrected chi connectivity index (χ1v) is 7.53. The van der Waals surface area contributed by atoms with E-state index in [9.17, 15) is 4.79 Å². The van der Waals surface area contributed by atoms with Gasteiger partial charge in [-0.15, -0.1) is 0 Å². The fraction of sp³-hybridized carbons (Fsp3) is 0.267. The van der Waals surface area contributed by atoms with E-state index in [4.69, 9.17) is 0 Å². The van der Waals surface area contributed by atoms with Crippen molar-refractivity contribution in [3.05, 3.63) is 47.0 Å². The molecule has 0 atom stereocenters. The Labute approximate surface area is 130 Å². The standard InChI is InChI=1S/C15H15BrN4O/c1-10(2)20-15(11(16)7-18-20)14(21)8-19-9-17-12-5-3-4-6-13(12)19/h3-7,9-10H,8H2,1-2H3. The lowest BCUT2D eigenvalue weighted by Gasteiger charge is -2.11. The third kappa shape index (κ3) is 2.51. The molecule has 5 nitrogen and oxygen atoms in total. The van der Waals surface area contributed by atoms with Gasteiger partial charge in [-0.1, -0.05) is 12.1 Å². The number of benzene rings is 1. The van der Waals surface area contributed by atoms with Gasteiger partial charge >= 0.3 is 0 Å². The van der Waals surface area contributed by atoms with Crippen molar-refractivity contribution in [1.29, 1.82) is 0 Å². The number of aromatic nitrogens is 4. The summed E-state index contributed by atoms with van der Waals surface area (Å²) in [4.78, 5) is 16.9. The molecule has 0 radical (unpaired) electrons. The molecular weight excluding hydrogens is 332 g/mol. The van der Waals surface area contributed by atoms with Crippen LogP contribution in [0.25, 0.3) is 11.0 Å². The zero-order chi connectivity index (χ0) is 15.0. The van der Waals surface area contributed by atoms with Crippen molar-refractivity contribution >= 4 is 32.7 Å². The summed E-state index contributed by atoms with van der Waals surface area (Å²) in [5.41, 5.74) is 2.45. The Bertz CT molecular complexity index is 803. The number of para-hydroxylation sites is 2. The van der Waals surface area contributed by atoms with Crippen LogP contribution in [0, 0.1) is 0 Å². The summed E-state index contributed by atoms with van der Waals surface area (Å²) in [6.07, 6.45) is 3.37. The Morgan fingerprint density at radius 2 is 2.10 bits per heavy atom. The third-order valence-electron chi connectivity index (χ3n) is 3.35. The first-order valence-electron chi connectivity index (χ1n) is 6.74. The molecule has 0 N–H and O–H groups in total. The van der Waals surface area contributed by atoms with Gasteiger partial charge in [0.2, 0.25) is 5.78 Å². The fourth-order valence-electron chi connectivity index (χ4n) is 2.36. The van der Waals surface area contributed by atoms with E-state index in [0.29, 0.717) is 5.69 Å². The molecule has 0 saturated heterocycles. The number of Topliss-reactive ketones (excluding diaryl/α,β-unsaturated/α-hetero) is 1. The molecule has 1 aromatic carbocycles. The largest absolute Gasteiger partial charge is 0.323 e. The summed E-state index contributed by atoms with van der Waals surface area (Å²) in [5, 5.41) is 4.25. The summed E-state index contributed by atoms with van der Waals surface area (Å²) < 4.78 is 4.33. The SMILES string of the molecule is CC(C)n1ncc(Br)c1C(=O)Cn1cnc2ccccc21. The summed E-state index contributed by atoms with van der Waals surface area (Å²) in [6, 6.07) is 7.91. The molecular formula is C15H15BrN4O. The number of hydrogen-bond acceptors (Lipinski definition) is 3. The van der Waals surface area contributed by atoms with Crippen molar-refractivity contribution in [3.8, 4) is 0 Å². The molecule has 6 heteroatoms. The lowest BCUT2D eigenvalue weighted by molar-refractivity contribution is 0.0960. The van der Waals surface area contributed by atoms with Gasteiger partial charge in [0, 0.05) is 6.04 Å². The Kier molecular flexibility index (Phi) is 3.63. The Balaban J connectivity index is 1.95. The van der Waals surface area contributed by atoms with Crippen LogP contribution in [0.2, 0.25) is 0 Å². The first kappa shape index (κ1) is 14.0. The molecule has 108 valence electrons. The van der Waals surface area contributed by atoms with Crippen LogP contribution in [0.15, 0.2) is 41.3 Å². The van der Waals surface area contributed by atoms with Gasteiger partial charge in [0.15, 0.2) is 0 Å². The van der Waals surface area contributed by atoms with E-state index in [1.807, 2.05) is 42.7 Å². The Hall–Kier alpha value is -1.95. The molecule has 3 rings (SSSR count). The molecule has 0 amide bonds. The van der Waals surface area contributed by atoms with Crippen molar-refractivity contribution in [2.24, 2.45) is 0 Å². The van der Waals surface area contributed by atoms with E-state index in [1.54, 1.807) is 17.2 Å². The highest BCUT2D eigenvalue weighted by molar-refractivity contribution is 9.10. The maximum Gasteiger partial charge on any atom is 0.201 e. The summed E-state index contributed by atoms with van der Waals surface area (Å²) in [7, 11) is 0. The second-order valence-electron chi connectivity index (χ2n) is 5.16. The van der Waals surface area contributed by atoms with E-state index in [-0.39, 0.29) is 18.4 Å². The van der Waals surface area contributed by atoms with Crippen molar-refractivity contribution in [1.82, 2.24) is 19.3 Å². The van der Waals surface area contributed by atoms with Crippen LogP contribution < -0.4 is 0 Å². The van der Waals surface area contributed by atoms with Crippen molar-refractivity contribution < 1.29 is 4.79 Å². The Morgan fingerprint density at radius 3 is 2.86 bits per heavy atom.